The van der Waals surface area contributed by atoms with Crippen molar-refractivity contribution in [1.82, 2.24) is 20.0 Å². The molecule has 4 heteroatoms. The Bertz CT molecular complexity index is 529. The number of nitrogens with one attached hydrogen (secondary N) is 1. The normalized spacial score (nSPS) is 16.2. The largest absolute Gasteiger partial charge is 0.310 e. The van der Waals surface area contributed by atoms with Crippen molar-refractivity contribution in [2.24, 2.45) is 0 Å². The third kappa shape index (κ3) is 4.16. The van der Waals surface area contributed by atoms with Crippen molar-refractivity contribution in [1.29, 1.82) is 0 Å². The zero-order valence-electron chi connectivity index (χ0n) is 12.5. The first-order valence-corrected chi connectivity index (χ1v) is 7.95. The van der Waals surface area contributed by atoms with Gasteiger partial charge in [-0.1, -0.05) is 24.6 Å². The fraction of sp³-hybridized carbons (Fsp3) is 0.471. The Morgan fingerprint density at radius 1 is 1.00 bits per heavy atom. The van der Waals surface area contributed by atoms with Crippen LogP contribution in [0, 0.1) is 0 Å². The van der Waals surface area contributed by atoms with Gasteiger partial charge in [-0.25, -0.2) is 4.68 Å². The summed E-state index contributed by atoms with van der Waals surface area (Å²) >= 11 is 0. The molecule has 1 aromatic carbocycles. The van der Waals surface area contributed by atoms with Gasteiger partial charge in [0.25, 0.3) is 0 Å². The van der Waals surface area contributed by atoms with Gasteiger partial charge in [-0.3, -0.25) is 0 Å². The zero-order valence-corrected chi connectivity index (χ0v) is 12.5. The molecule has 3 rings (SSSR count). The van der Waals surface area contributed by atoms with Crippen molar-refractivity contribution in [3.05, 3.63) is 48.3 Å². The van der Waals surface area contributed by atoms with Crippen molar-refractivity contribution in [2.75, 3.05) is 26.2 Å². The van der Waals surface area contributed by atoms with Crippen LogP contribution in [0.15, 0.2) is 42.6 Å². The van der Waals surface area contributed by atoms with Gasteiger partial charge in [0.05, 0.1) is 11.4 Å². The molecule has 4 nitrogen and oxygen atoms in total. The lowest BCUT2D eigenvalue weighted by molar-refractivity contribution is 0.229. The number of benzene rings is 1. The number of aromatic nitrogens is 2. The maximum Gasteiger partial charge on any atom is 0.0766 e. The van der Waals surface area contributed by atoms with Gasteiger partial charge >= 0.3 is 0 Å². The highest BCUT2D eigenvalue weighted by molar-refractivity contribution is 5.30. The molecular formula is C17H24N4. The summed E-state index contributed by atoms with van der Waals surface area (Å²) in [5.41, 5.74) is 2.20. The standard InChI is InChI=1S/C17H24N4/c1-3-7-17(8-4-1)21-13-9-16(19-21)15-18-10-14-20-11-5-2-6-12-20/h1,3-4,7-9,13,18H,2,5-6,10-12,14-15H2. The van der Waals surface area contributed by atoms with Crippen LogP contribution in [0.2, 0.25) is 0 Å². The number of piperidine rings is 1. The highest BCUT2D eigenvalue weighted by Crippen LogP contribution is 2.08. The van der Waals surface area contributed by atoms with Crippen molar-refractivity contribution in [3.8, 4) is 5.69 Å². The Labute approximate surface area is 126 Å². The van der Waals surface area contributed by atoms with Gasteiger partial charge in [-0.05, 0) is 44.1 Å². The second kappa shape index (κ2) is 7.38. The van der Waals surface area contributed by atoms with Crippen LogP contribution in [0.1, 0.15) is 25.0 Å². The van der Waals surface area contributed by atoms with E-state index in [1.54, 1.807) is 0 Å². The van der Waals surface area contributed by atoms with Gasteiger partial charge in [-0.2, -0.15) is 5.10 Å². The minimum atomic E-state index is 0.841. The number of hydrogen-bond donors (Lipinski definition) is 1. The number of nitrogens with zero attached hydrogens (tertiary/aromatic N) is 3. The van der Waals surface area contributed by atoms with E-state index in [0.29, 0.717) is 0 Å². The average molecular weight is 284 g/mol. The Morgan fingerprint density at radius 2 is 1.81 bits per heavy atom. The first-order chi connectivity index (χ1) is 10.4. The molecule has 0 atom stereocenters. The molecule has 0 unspecified atom stereocenters. The number of hydrogen-bond acceptors (Lipinski definition) is 3. The van der Waals surface area contributed by atoms with E-state index in [0.717, 1.165) is 31.0 Å². The minimum Gasteiger partial charge on any atom is -0.310 e. The zero-order chi connectivity index (χ0) is 14.3. The van der Waals surface area contributed by atoms with Gasteiger partial charge < -0.3 is 10.2 Å². The van der Waals surface area contributed by atoms with Crippen LogP contribution in [0.5, 0.6) is 0 Å². The van der Waals surface area contributed by atoms with Gasteiger partial charge in [-0.15, -0.1) is 0 Å². The lowest BCUT2D eigenvalue weighted by Crippen LogP contribution is -2.35. The molecule has 0 radical (unpaired) electrons. The number of para-hydroxylation sites is 1. The molecule has 1 aliphatic heterocycles. The van der Waals surface area contributed by atoms with Crippen LogP contribution in [0.25, 0.3) is 5.69 Å². The van der Waals surface area contributed by atoms with Crippen LogP contribution >= 0.6 is 0 Å². The summed E-state index contributed by atoms with van der Waals surface area (Å²) in [5, 5.41) is 8.10. The lowest BCUT2D eigenvalue weighted by Gasteiger charge is -2.26. The van der Waals surface area contributed by atoms with Crippen LogP contribution in [-0.4, -0.2) is 40.9 Å². The SMILES string of the molecule is c1ccc(-n2ccc(CNCCN3CCCCC3)n2)cc1. The fourth-order valence-corrected chi connectivity index (χ4v) is 2.82. The third-order valence-corrected chi connectivity index (χ3v) is 4.02. The molecule has 0 spiro atoms. The maximum atomic E-state index is 4.61. The van der Waals surface area contributed by atoms with Crippen LogP contribution in [0.3, 0.4) is 0 Å². The molecule has 2 heterocycles. The molecule has 2 aromatic rings. The molecule has 1 saturated heterocycles. The van der Waals surface area contributed by atoms with Crippen LogP contribution in [-0.2, 0) is 6.54 Å². The van der Waals surface area contributed by atoms with E-state index >= 15 is 0 Å². The van der Waals surface area contributed by atoms with E-state index in [4.69, 9.17) is 0 Å². The molecule has 21 heavy (non-hydrogen) atoms. The summed E-state index contributed by atoms with van der Waals surface area (Å²) in [6, 6.07) is 12.3. The molecule has 1 aliphatic rings. The van der Waals surface area contributed by atoms with Gasteiger partial charge in [0.1, 0.15) is 0 Å². The van der Waals surface area contributed by atoms with Gasteiger partial charge in [0.2, 0.25) is 0 Å². The average Bonchev–Trinajstić information content (AvgIpc) is 3.02. The first-order valence-electron chi connectivity index (χ1n) is 7.95. The molecule has 112 valence electrons. The van der Waals surface area contributed by atoms with Crippen LogP contribution in [0.4, 0.5) is 0 Å². The van der Waals surface area contributed by atoms with Crippen molar-refractivity contribution < 1.29 is 0 Å². The summed E-state index contributed by atoms with van der Waals surface area (Å²) in [5.74, 6) is 0. The third-order valence-electron chi connectivity index (χ3n) is 4.02. The summed E-state index contributed by atoms with van der Waals surface area (Å²) in [4.78, 5) is 2.55. The Morgan fingerprint density at radius 3 is 2.62 bits per heavy atom. The van der Waals surface area contributed by atoms with E-state index in [9.17, 15) is 0 Å². The minimum absolute atomic E-state index is 0.841. The van der Waals surface area contributed by atoms with Crippen molar-refractivity contribution in [3.63, 3.8) is 0 Å². The quantitative estimate of drug-likeness (QED) is 0.827. The van der Waals surface area contributed by atoms with Crippen molar-refractivity contribution >= 4 is 0 Å². The molecule has 0 saturated carbocycles. The molecule has 1 N–H and O–H groups in total. The smallest absolute Gasteiger partial charge is 0.0766 e. The summed E-state index contributed by atoms with van der Waals surface area (Å²) in [6.07, 6.45) is 6.15. The lowest BCUT2D eigenvalue weighted by atomic mass is 10.1. The molecular weight excluding hydrogens is 260 g/mol. The second-order valence-corrected chi connectivity index (χ2v) is 5.67. The Balaban J connectivity index is 1.42. The van der Waals surface area contributed by atoms with Crippen molar-refractivity contribution in [2.45, 2.75) is 25.8 Å². The Hall–Kier alpha value is -1.65. The van der Waals surface area contributed by atoms with E-state index < -0.39 is 0 Å². The molecule has 0 bridgehead atoms. The van der Waals surface area contributed by atoms with E-state index in [-0.39, 0.29) is 0 Å². The Kier molecular flexibility index (Phi) is 5.03. The number of rotatable bonds is 6. The molecule has 1 aromatic heterocycles. The predicted octanol–water partition coefficient (Wildman–Crippen LogP) is 2.45. The van der Waals surface area contributed by atoms with E-state index in [2.05, 4.69) is 33.5 Å². The molecule has 0 amide bonds. The maximum absolute atomic E-state index is 4.61. The van der Waals surface area contributed by atoms with Crippen LogP contribution < -0.4 is 5.32 Å². The van der Waals surface area contributed by atoms with E-state index in [1.807, 2.05) is 29.1 Å². The second-order valence-electron chi connectivity index (χ2n) is 5.67. The predicted molar refractivity (Wildman–Crippen MR) is 85.6 cm³/mol. The summed E-state index contributed by atoms with van der Waals surface area (Å²) in [7, 11) is 0. The first kappa shape index (κ1) is 14.3. The molecule has 0 aliphatic carbocycles. The number of likely N-dealkylation sites (tertiary alicyclic amines) is 1. The topological polar surface area (TPSA) is 33.1 Å². The fourth-order valence-electron chi connectivity index (χ4n) is 2.82. The van der Waals surface area contributed by atoms with Gasteiger partial charge in [0, 0.05) is 25.8 Å². The highest BCUT2D eigenvalue weighted by atomic mass is 15.3. The summed E-state index contributed by atoms with van der Waals surface area (Å²) < 4.78 is 1.93. The van der Waals surface area contributed by atoms with Gasteiger partial charge in [0.15, 0.2) is 0 Å². The van der Waals surface area contributed by atoms with E-state index in [1.165, 1.54) is 32.4 Å². The molecule has 1 fully saturated rings. The monoisotopic (exact) mass is 284 g/mol. The summed E-state index contributed by atoms with van der Waals surface area (Å²) in [6.45, 7) is 5.57. The highest BCUT2D eigenvalue weighted by Gasteiger charge is 2.08.